The molecule has 1 aliphatic carbocycles. The Balaban J connectivity index is 0.708. The lowest BCUT2D eigenvalue weighted by Crippen LogP contribution is -2.69. The minimum atomic E-state index is -1.02. The third-order valence-electron chi connectivity index (χ3n) is 14.1. The van der Waals surface area contributed by atoms with E-state index in [1.807, 2.05) is 60.7 Å². The zero-order valence-corrected chi connectivity index (χ0v) is 35.0. The number of nitrogens with zero attached hydrogens (tertiary/aromatic N) is 8. The topological polar surface area (TPSA) is 172 Å². The summed E-state index contributed by atoms with van der Waals surface area (Å²) in [6.45, 7) is 6.09. The van der Waals surface area contributed by atoms with Gasteiger partial charge in [0.1, 0.15) is 41.7 Å². The predicted molar refractivity (Wildman–Crippen MR) is 234 cm³/mol. The van der Waals surface area contributed by atoms with Crippen LogP contribution in [0.2, 0.25) is 0 Å². The normalized spacial score (nSPS) is 20.3. The van der Waals surface area contributed by atoms with Crippen molar-refractivity contribution in [1.82, 2.24) is 39.8 Å². The molecule has 10 rings (SSSR count). The number of ether oxygens (including phenoxy) is 1. The number of aromatic nitrogens is 4. The van der Waals surface area contributed by atoms with Crippen LogP contribution < -0.4 is 20.7 Å². The van der Waals surface area contributed by atoms with E-state index in [9.17, 15) is 19.2 Å². The van der Waals surface area contributed by atoms with Gasteiger partial charge in [-0.2, -0.15) is 5.10 Å². The van der Waals surface area contributed by atoms with Gasteiger partial charge < -0.3 is 30.4 Å². The number of amides is 3. The fourth-order valence-corrected chi connectivity index (χ4v) is 10.6. The highest BCUT2D eigenvalue weighted by Gasteiger charge is 2.50. The van der Waals surface area contributed by atoms with Crippen LogP contribution in [0.15, 0.2) is 79.1 Å². The number of nitrogen functional groups attached to an aromatic ring is 1. The fourth-order valence-electron chi connectivity index (χ4n) is 10.6. The summed E-state index contributed by atoms with van der Waals surface area (Å²) < 4.78 is 8.12. The van der Waals surface area contributed by atoms with E-state index in [0.717, 1.165) is 96.5 Å². The number of nitrogens with two attached hydrogens (primary N) is 1. The molecule has 6 heterocycles. The second kappa shape index (κ2) is 16.3. The van der Waals surface area contributed by atoms with Gasteiger partial charge in [-0.05, 0) is 105 Å². The molecule has 5 aromatic rings. The van der Waals surface area contributed by atoms with Gasteiger partial charge in [0, 0.05) is 76.1 Å². The molecule has 15 nitrogen and oxygen atoms in total. The minimum absolute atomic E-state index is 0.0776. The highest BCUT2D eigenvalue weighted by molar-refractivity contribution is 6.23. The molecule has 1 unspecified atom stereocenters. The summed E-state index contributed by atoms with van der Waals surface area (Å²) in [7, 11) is 1.46. The molecule has 0 bridgehead atoms. The first kappa shape index (κ1) is 39.9. The summed E-state index contributed by atoms with van der Waals surface area (Å²) >= 11 is 0. The first-order valence-electron chi connectivity index (χ1n) is 21.9. The number of carbonyl (C=O) groups is 4. The van der Waals surface area contributed by atoms with Crippen molar-refractivity contribution in [3.63, 3.8) is 0 Å². The van der Waals surface area contributed by atoms with Crippen LogP contribution in [0.3, 0.4) is 0 Å². The summed E-state index contributed by atoms with van der Waals surface area (Å²) in [6, 6.07) is 23.3. The lowest BCUT2D eigenvalue weighted by molar-refractivity contribution is -0.124. The highest BCUT2D eigenvalue weighted by Crippen LogP contribution is 2.47. The number of likely N-dealkylation sites (tertiary alicyclic amines) is 2. The molecule has 0 radical (unpaired) electrons. The molecular formula is C47H52N10O5. The SMILES string of the molecule is CNC(=O)C(CCC=O)N1C(=O)c2ccc(N3CC(N4CC5(CCC(N6CCC(n7nc(-c8ccc(Oc9ccccc9)cc8)c8c(N)ncnc87)CC6)CC5)C4)C3)cc2C1=O. The van der Waals surface area contributed by atoms with Crippen LogP contribution in [0.5, 0.6) is 11.5 Å². The summed E-state index contributed by atoms with van der Waals surface area (Å²) in [5.74, 6) is 0.538. The maximum absolute atomic E-state index is 13.4. The van der Waals surface area contributed by atoms with Crippen molar-refractivity contribution in [3.05, 3.63) is 90.3 Å². The predicted octanol–water partition coefficient (Wildman–Crippen LogP) is 5.33. The minimum Gasteiger partial charge on any atom is -0.457 e. The monoisotopic (exact) mass is 836 g/mol. The zero-order chi connectivity index (χ0) is 42.5. The summed E-state index contributed by atoms with van der Waals surface area (Å²) in [5.41, 5.74) is 10.9. The van der Waals surface area contributed by atoms with E-state index in [-0.39, 0.29) is 18.9 Å². The zero-order valence-electron chi connectivity index (χ0n) is 35.0. The molecule has 5 aliphatic rings. The van der Waals surface area contributed by atoms with Gasteiger partial charge in [-0.3, -0.25) is 24.2 Å². The first-order valence-corrected chi connectivity index (χ1v) is 21.9. The number of rotatable bonds is 12. The second-order valence-corrected chi connectivity index (χ2v) is 17.7. The summed E-state index contributed by atoms with van der Waals surface area (Å²) in [5, 5.41) is 8.47. The van der Waals surface area contributed by atoms with Crippen molar-refractivity contribution in [1.29, 1.82) is 0 Å². The third kappa shape index (κ3) is 7.16. The van der Waals surface area contributed by atoms with Gasteiger partial charge in [-0.1, -0.05) is 18.2 Å². The van der Waals surface area contributed by atoms with E-state index in [1.54, 1.807) is 12.1 Å². The average Bonchev–Trinajstić information content (AvgIpc) is 3.78. The molecule has 3 saturated heterocycles. The van der Waals surface area contributed by atoms with Crippen LogP contribution in [0.4, 0.5) is 11.5 Å². The van der Waals surface area contributed by atoms with E-state index in [2.05, 4.69) is 34.7 Å². The molecule has 3 aromatic carbocycles. The Hall–Kier alpha value is -6.19. The average molecular weight is 837 g/mol. The van der Waals surface area contributed by atoms with Crippen LogP contribution in [0, 0.1) is 5.41 Å². The van der Waals surface area contributed by atoms with E-state index in [1.165, 1.54) is 39.1 Å². The lowest BCUT2D eigenvalue weighted by atomic mass is 9.66. The molecular weight excluding hydrogens is 785 g/mol. The van der Waals surface area contributed by atoms with Crippen molar-refractivity contribution in [2.24, 2.45) is 5.41 Å². The van der Waals surface area contributed by atoms with Gasteiger partial charge in [0.25, 0.3) is 11.8 Å². The number of fused-ring (bicyclic) bond motifs is 2. The summed E-state index contributed by atoms with van der Waals surface area (Å²) in [6.07, 6.45) is 9.37. The number of benzene rings is 3. The molecule has 2 aromatic heterocycles. The quantitative estimate of drug-likeness (QED) is 0.123. The Kier molecular flexibility index (Phi) is 10.5. The molecule has 4 aliphatic heterocycles. The smallest absolute Gasteiger partial charge is 0.262 e. The van der Waals surface area contributed by atoms with Crippen LogP contribution in [-0.2, 0) is 9.59 Å². The highest BCUT2D eigenvalue weighted by atomic mass is 16.5. The molecule has 1 saturated carbocycles. The van der Waals surface area contributed by atoms with E-state index >= 15 is 0 Å². The standard InChI is InChI=1S/C47H52N10O5/c1-49-44(59)39(8-5-23-58)56-45(60)37-14-11-33(24-38(37)46(56)61)54-25-34(26-54)55-27-47(28-55)19-15-31(16-20-47)53-21-17-32(18-22-53)57-43-40(42(48)50-29-51-43)41(52-57)30-9-12-36(13-10-30)62-35-6-3-2-4-7-35/h2-4,6-7,9-14,23-24,29,31-32,34,39H,5,8,15-22,25-28H2,1H3,(H,49,59)(H2,48,50,51). The molecule has 320 valence electrons. The number of aldehydes is 1. The summed E-state index contributed by atoms with van der Waals surface area (Å²) in [4.78, 5) is 67.9. The maximum Gasteiger partial charge on any atom is 0.262 e. The molecule has 3 N–H and O–H groups in total. The van der Waals surface area contributed by atoms with Crippen LogP contribution >= 0.6 is 0 Å². The maximum atomic E-state index is 13.4. The number of likely N-dealkylation sites (N-methyl/N-ethyl adjacent to an activating group) is 1. The molecule has 3 amide bonds. The Morgan fingerprint density at radius 2 is 1.58 bits per heavy atom. The molecule has 1 spiro atoms. The molecule has 62 heavy (non-hydrogen) atoms. The Morgan fingerprint density at radius 1 is 0.871 bits per heavy atom. The van der Waals surface area contributed by atoms with Crippen molar-refractivity contribution in [3.8, 4) is 22.8 Å². The van der Waals surface area contributed by atoms with Crippen molar-refractivity contribution < 1.29 is 23.9 Å². The van der Waals surface area contributed by atoms with Crippen molar-refractivity contribution in [2.45, 2.75) is 75.5 Å². The Labute approximate surface area is 360 Å². The van der Waals surface area contributed by atoms with Gasteiger partial charge in [-0.15, -0.1) is 0 Å². The van der Waals surface area contributed by atoms with Crippen molar-refractivity contribution in [2.75, 3.05) is 56.9 Å². The van der Waals surface area contributed by atoms with Gasteiger partial charge in [0.2, 0.25) is 5.91 Å². The number of hydrogen-bond donors (Lipinski definition) is 2. The largest absolute Gasteiger partial charge is 0.457 e. The number of carbonyl (C=O) groups excluding carboxylic acids is 4. The molecule has 15 heteroatoms. The Morgan fingerprint density at radius 3 is 2.29 bits per heavy atom. The first-order chi connectivity index (χ1) is 30.2. The van der Waals surface area contributed by atoms with E-state index in [4.69, 9.17) is 15.6 Å². The number of piperidine rings is 1. The Bertz CT molecular complexity index is 2500. The van der Waals surface area contributed by atoms with Gasteiger partial charge >= 0.3 is 0 Å². The molecule has 1 atom stereocenters. The lowest BCUT2D eigenvalue weighted by Gasteiger charge is -2.60. The van der Waals surface area contributed by atoms with Crippen LogP contribution in [-0.4, -0.2) is 123 Å². The number of para-hydroxylation sites is 1. The van der Waals surface area contributed by atoms with Crippen LogP contribution in [0.25, 0.3) is 22.3 Å². The third-order valence-corrected chi connectivity index (χ3v) is 14.1. The van der Waals surface area contributed by atoms with Gasteiger partial charge in [0.15, 0.2) is 5.65 Å². The number of anilines is 2. The van der Waals surface area contributed by atoms with E-state index in [0.29, 0.717) is 40.7 Å². The van der Waals surface area contributed by atoms with E-state index < -0.39 is 23.8 Å². The number of imide groups is 1. The fraction of sp³-hybridized carbons (Fsp3) is 0.426. The second-order valence-electron chi connectivity index (χ2n) is 17.7. The van der Waals surface area contributed by atoms with Crippen LogP contribution in [0.1, 0.15) is 78.1 Å². The molecule has 4 fully saturated rings. The number of hydrogen-bond acceptors (Lipinski definition) is 12. The van der Waals surface area contributed by atoms with Gasteiger partial charge in [0.05, 0.1) is 22.6 Å². The van der Waals surface area contributed by atoms with Gasteiger partial charge in [-0.25, -0.2) is 14.6 Å². The number of nitrogens with one attached hydrogen (secondary N) is 1. The van der Waals surface area contributed by atoms with Crippen molar-refractivity contribution >= 4 is 46.5 Å².